The first-order valence-corrected chi connectivity index (χ1v) is 6.35. The first-order chi connectivity index (χ1) is 9.43. The van der Waals surface area contributed by atoms with Crippen molar-refractivity contribution in [1.82, 2.24) is 5.32 Å². The standard InChI is InChI=1S/C14H18N2O4/c1-3-4-11(14(19)20)16-13(18)12(17)15-10-7-5-9(2)6-8-10/h5-8,11H,3-4H2,1-2H3,(H,15,17)(H,16,18)(H,19,20)/t11-/m1/s1. The third kappa shape index (κ3) is 4.72. The number of amides is 2. The molecule has 1 aromatic carbocycles. The minimum absolute atomic E-state index is 0.277. The van der Waals surface area contributed by atoms with Crippen LogP contribution in [0.2, 0.25) is 0 Å². The van der Waals surface area contributed by atoms with Crippen LogP contribution < -0.4 is 10.6 Å². The average Bonchev–Trinajstić information content (AvgIpc) is 2.40. The third-order valence-corrected chi connectivity index (χ3v) is 2.70. The summed E-state index contributed by atoms with van der Waals surface area (Å²) in [5, 5.41) is 13.5. The van der Waals surface area contributed by atoms with E-state index in [1.807, 2.05) is 6.92 Å². The Morgan fingerprint density at radius 1 is 1.15 bits per heavy atom. The summed E-state index contributed by atoms with van der Waals surface area (Å²) in [5.74, 6) is -2.98. The molecule has 0 aliphatic heterocycles. The highest BCUT2D eigenvalue weighted by molar-refractivity contribution is 6.40. The Kier molecular flexibility index (Phi) is 5.71. The van der Waals surface area contributed by atoms with Crippen LogP contribution in [0.4, 0.5) is 5.69 Å². The van der Waals surface area contributed by atoms with Gasteiger partial charge >= 0.3 is 17.8 Å². The summed E-state index contributed by atoms with van der Waals surface area (Å²) in [6.07, 6.45) is 0.871. The van der Waals surface area contributed by atoms with E-state index in [4.69, 9.17) is 5.11 Å². The molecule has 0 radical (unpaired) electrons. The molecule has 1 atom stereocenters. The number of carbonyl (C=O) groups excluding carboxylic acids is 2. The Morgan fingerprint density at radius 3 is 2.25 bits per heavy atom. The molecule has 3 N–H and O–H groups in total. The fourth-order valence-corrected chi connectivity index (χ4v) is 1.59. The molecule has 0 saturated heterocycles. The summed E-state index contributed by atoms with van der Waals surface area (Å²) >= 11 is 0. The van der Waals surface area contributed by atoms with Crippen LogP contribution >= 0.6 is 0 Å². The molecule has 0 saturated carbocycles. The van der Waals surface area contributed by atoms with Crippen molar-refractivity contribution in [2.75, 3.05) is 5.32 Å². The molecule has 2 amide bonds. The van der Waals surface area contributed by atoms with Crippen LogP contribution in [0.5, 0.6) is 0 Å². The van der Waals surface area contributed by atoms with Gasteiger partial charge in [0.15, 0.2) is 0 Å². The number of aliphatic carboxylic acids is 1. The molecule has 1 aromatic rings. The molecule has 6 nitrogen and oxygen atoms in total. The Labute approximate surface area is 117 Å². The van der Waals surface area contributed by atoms with Crippen molar-refractivity contribution < 1.29 is 19.5 Å². The van der Waals surface area contributed by atoms with Gasteiger partial charge in [0, 0.05) is 5.69 Å². The Balaban J connectivity index is 2.60. The highest BCUT2D eigenvalue weighted by Gasteiger charge is 2.22. The number of carboxylic acid groups (broad SMARTS) is 1. The Morgan fingerprint density at radius 2 is 1.75 bits per heavy atom. The minimum Gasteiger partial charge on any atom is -0.480 e. The molecule has 0 heterocycles. The number of anilines is 1. The second-order valence-corrected chi connectivity index (χ2v) is 4.47. The molecule has 6 heteroatoms. The zero-order valence-corrected chi connectivity index (χ0v) is 11.5. The first kappa shape index (κ1) is 15.7. The summed E-state index contributed by atoms with van der Waals surface area (Å²) in [5.41, 5.74) is 1.51. The number of rotatable bonds is 5. The molecule has 0 unspecified atom stereocenters. The summed E-state index contributed by atoms with van der Waals surface area (Å²) in [6.45, 7) is 3.70. The van der Waals surface area contributed by atoms with Crippen molar-refractivity contribution in [3.63, 3.8) is 0 Å². The van der Waals surface area contributed by atoms with E-state index in [9.17, 15) is 14.4 Å². The van der Waals surface area contributed by atoms with Crippen LogP contribution in [-0.4, -0.2) is 28.9 Å². The van der Waals surface area contributed by atoms with E-state index in [1.54, 1.807) is 31.2 Å². The van der Waals surface area contributed by atoms with Crippen LogP contribution in [0.3, 0.4) is 0 Å². The van der Waals surface area contributed by atoms with E-state index >= 15 is 0 Å². The van der Waals surface area contributed by atoms with Gasteiger partial charge in [-0.2, -0.15) is 0 Å². The van der Waals surface area contributed by atoms with Gasteiger partial charge < -0.3 is 15.7 Å². The van der Waals surface area contributed by atoms with Crippen LogP contribution in [0.1, 0.15) is 25.3 Å². The summed E-state index contributed by atoms with van der Waals surface area (Å²) in [6, 6.07) is 5.88. The van der Waals surface area contributed by atoms with E-state index in [0.717, 1.165) is 5.56 Å². The molecule has 108 valence electrons. The van der Waals surface area contributed by atoms with E-state index in [2.05, 4.69) is 10.6 Å². The number of carbonyl (C=O) groups is 3. The van der Waals surface area contributed by atoms with Crippen molar-refractivity contribution in [3.05, 3.63) is 29.8 Å². The number of nitrogens with one attached hydrogen (secondary N) is 2. The molecule has 20 heavy (non-hydrogen) atoms. The van der Waals surface area contributed by atoms with Crippen molar-refractivity contribution in [2.24, 2.45) is 0 Å². The molecular formula is C14H18N2O4. The van der Waals surface area contributed by atoms with Gasteiger partial charge in [0.2, 0.25) is 0 Å². The lowest BCUT2D eigenvalue weighted by atomic mass is 10.1. The fourth-order valence-electron chi connectivity index (χ4n) is 1.59. The molecule has 0 fully saturated rings. The summed E-state index contributed by atoms with van der Waals surface area (Å²) in [7, 11) is 0. The van der Waals surface area contributed by atoms with Crippen molar-refractivity contribution in [3.8, 4) is 0 Å². The summed E-state index contributed by atoms with van der Waals surface area (Å²) < 4.78 is 0. The number of carboxylic acids is 1. The van der Waals surface area contributed by atoms with Gasteiger partial charge in [0.05, 0.1) is 0 Å². The lowest BCUT2D eigenvalue weighted by Crippen LogP contribution is -2.45. The van der Waals surface area contributed by atoms with Gasteiger partial charge in [-0.25, -0.2) is 4.79 Å². The van der Waals surface area contributed by atoms with Gasteiger partial charge in [-0.3, -0.25) is 9.59 Å². The number of hydrogen-bond donors (Lipinski definition) is 3. The molecule has 0 aliphatic carbocycles. The molecular weight excluding hydrogens is 260 g/mol. The average molecular weight is 278 g/mol. The van der Waals surface area contributed by atoms with Gasteiger partial charge in [-0.05, 0) is 25.5 Å². The predicted molar refractivity (Wildman–Crippen MR) is 74.3 cm³/mol. The van der Waals surface area contributed by atoms with Crippen LogP contribution in [-0.2, 0) is 14.4 Å². The van der Waals surface area contributed by atoms with Gasteiger partial charge in [0.25, 0.3) is 0 Å². The van der Waals surface area contributed by atoms with Gasteiger partial charge in [-0.1, -0.05) is 31.0 Å². The molecule has 0 aliphatic rings. The first-order valence-electron chi connectivity index (χ1n) is 6.35. The minimum atomic E-state index is -1.15. The largest absolute Gasteiger partial charge is 0.480 e. The number of aryl methyl sites for hydroxylation is 1. The Bertz CT molecular complexity index is 496. The van der Waals surface area contributed by atoms with Crippen LogP contribution in [0.15, 0.2) is 24.3 Å². The molecule has 0 aromatic heterocycles. The van der Waals surface area contributed by atoms with Crippen molar-refractivity contribution >= 4 is 23.5 Å². The number of benzene rings is 1. The maximum atomic E-state index is 11.6. The van der Waals surface area contributed by atoms with E-state index in [-0.39, 0.29) is 6.42 Å². The molecule has 0 spiro atoms. The monoisotopic (exact) mass is 278 g/mol. The number of hydrogen-bond acceptors (Lipinski definition) is 3. The highest BCUT2D eigenvalue weighted by atomic mass is 16.4. The fraction of sp³-hybridized carbons (Fsp3) is 0.357. The van der Waals surface area contributed by atoms with Crippen molar-refractivity contribution in [2.45, 2.75) is 32.7 Å². The molecule has 1 rings (SSSR count). The van der Waals surface area contributed by atoms with Crippen LogP contribution in [0, 0.1) is 6.92 Å². The smallest absolute Gasteiger partial charge is 0.326 e. The van der Waals surface area contributed by atoms with Crippen LogP contribution in [0.25, 0.3) is 0 Å². The normalized spacial score (nSPS) is 11.5. The lowest BCUT2D eigenvalue weighted by molar-refractivity contribution is -0.143. The SMILES string of the molecule is CCC[C@@H](NC(=O)C(=O)Nc1ccc(C)cc1)C(=O)O. The third-order valence-electron chi connectivity index (χ3n) is 2.70. The lowest BCUT2D eigenvalue weighted by Gasteiger charge is -2.13. The van der Waals surface area contributed by atoms with E-state index in [1.165, 1.54) is 0 Å². The topological polar surface area (TPSA) is 95.5 Å². The predicted octanol–water partition coefficient (Wildman–Crippen LogP) is 1.30. The maximum Gasteiger partial charge on any atom is 0.326 e. The second-order valence-electron chi connectivity index (χ2n) is 4.47. The zero-order chi connectivity index (χ0) is 15.1. The second kappa shape index (κ2) is 7.28. The summed E-state index contributed by atoms with van der Waals surface area (Å²) in [4.78, 5) is 34.2. The van der Waals surface area contributed by atoms with E-state index in [0.29, 0.717) is 12.1 Å². The van der Waals surface area contributed by atoms with Gasteiger partial charge in [0.1, 0.15) is 6.04 Å². The molecule has 0 bridgehead atoms. The quantitative estimate of drug-likeness (QED) is 0.707. The Hall–Kier alpha value is -2.37. The zero-order valence-electron chi connectivity index (χ0n) is 11.5. The van der Waals surface area contributed by atoms with E-state index < -0.39 is 23.8 Å². The van der Waals surface area contributed by atoms with Gasteiger partial charge in [-0.15, -0.1) is 0 Å². The highest BCUT2D eigenvalue weighted by Crippen LogP contribution is 2.08. The maximum absolute atomic E-state index is 11.6. The van der Waals surface area contributed by atoms with Crippen molar-refractivity contribution in [1.29, 1.82) is 0 Å².